The van der Waals surface area contributed by atoms with Crippen LogP contribution in [0.4, 0.5) is 13.2 Å². The summed E-state index contributed by atoms with van der Waals surface area (Å²) in [7, 11) is 1.65. The molecule has 0 radical (unpaired) electrons. The lowest BCUT2D eigenvalue weighted by atomic mass is 9.94. The molecule has 9 heteroatoms. The quantitative estimate of drug-likeness (QED) is 0.596. The van der Waals surface area contributed by atoms with Gasteiger partial charge in [-0.2, -0.15) is 13.2 Å². The molecule has 1 N–H and O–H groups in total. The minimum absolute atomic E-state index is 0. The molecule has 2 atom stereocenters. The van der Waals surface area contributed by atoms with Gasteiger partial charge in [0, 0.05) is 12.6 Å². The third-order valence-corrected chi connectivity index (χ3v) is 5.35. The summed E-state index contributed by atoms with van der Waals surface area (Å²) in [5, 5.41) is 11.1. The minimum atomic E-state index is -4.45. The Morgan fingerprint density at radius 3 is 2.61 bits per heavy atom. The topological polar surface area (TPSA) is 52.0 Å². The van der Waals surface area contributed by atoms with Crippen LogP contribution in [0, 0.1) is 0 Å². The van der Waals surface area contributed by atoms with Crippen LogP contribution in [0.3, 0.4) is 0 Å². The van der Waals surface area contributed by atoms with Crippen molar-refractivity contribution in [3.8, 4) is 11.3 Å². The Labute approximate surface area is 185 Å². The molecule has 0 aliphatic carbocycles. The molecule has 5 nitrogen and oxygen atoms in total. The largest absolute Gasteiger partial charge is 0.416 e. The Bertz CT molecular complexity index is 994. The summed E-state index contributed by atoms with van der Waals surface area (Å²) in [6.45, 7) is 0.985. The molecule has 1 aliphatic rings. The van der Waals surface area contributed by atoms with Crippen LogP contribution in [-0.2, 0) is 24.6 Å². The number of hydrogen-bond acceptors (Lipinski definition) is 4. The molecule has 1 fully saturated rings. The molecular formula is C22H24ClF3N4O. The second kappa shape index (κ2) is 9.80. The van der Waals surface area contributed by atoms with Crippen molar-refractivity contribution >= 4 is 12.4 Å². The lowest BCUT2D eigenvalue weighted by Crippen LogP contribution is -2.39. The van der Waals surface area contributed by atoms with Crippen LogP contribution >= 0.6 is 12.4 Å². The lowest BCUT2D eigenvalue weighted by Gasteiger charge is -2.33. The highest BCUT2D eigenvalue weighted by atomic mass is 35.5. The van der Waals surface area contributed by atoms with Crippen LogP contribution < -0.4 is 5.32 Å². The number of aromatic nitrogens is 3. The van der Waals surface area contributed by atoms with Crippen molar-refractivity contribution < 1.29 is 17.9 Å². The Morgan fingerprint density at radius 2 is 1.94 bits per heavy atom. The molecule has 0 saturated carbocycles. The number of benzene rings is 2. The molecule has 31 heavy (non-hydrogen) atoms. The Balaban J connectivity index is 0.00000272. The molecule has 0 bridgehead atoms. The van der Waals surface area contributed by atoms with Crippen molar-refractivity contribution in [1.29, 1.82) is 0 Å². The van der Waals surface area contributed by atoms with Crippen LogP contribution in [0.25, 0.3) is 11.3 Å². The molecule has 0 amide bonds. The number of nitrogens with zero attached hydrogens (tertiary/aromatic N) is 3. The molecular weight excluding hydrogens is 429 g/mol. The zero-order valence-electron chi connectivity index (χ0n) is 17.0. The fraction of sp³-hybridized carbons (Fsp3) is 0.364. The zero-order valence-corrected chi connectivity index (χ0v) is 17.8. The van der Waals surface area contributed by atoms with E-state index in [0.29, 0.717) is 16.8 Å². The van der Waals surface area contributed by atoms with Gasteiger partial charge in [0.25, 0.3) is 0 Å². The summed E-state index contributed by atoms with van der Waals surface area (Å²) < 4.78 is 48.0. The number of hydrogen-bond donors (Lipinski definition) is 1. The first-order valence-electron chi connectivity index (χ1n) is 9.88. The first kappa shape index (κ1) is 23.2. The van der Waals surface area contributed by atoms with Crippen molar-refractivity contribution in [2.24, 2.45) is 7.05 Å². The minimum Gasteiger partial charge on any atom is -0.372 e. The molecule has 1 aromatic heterocycles. The van der Waals surface area contributed by atoms with E-state index in [0.717, 1.165) is 37.1 Å². The van der Waals surface area contributed by atoms with Crippen molar-refractivity contribution in [3.63, 3.8) is 0 Å². The van der Waals surface area contributed by atoms with E-state index in [1.165, 1.54) is 10.9 Å². The SMILES string of the molecule is Cl.Cn1nncc1-c1cc(CO[C@H]2CCCN[C@H]2c2ccccc2)cc(C(F)(F)F)c1. The van der Waals surface area contributed by atoms with E-state index in [1.54, 1.807) is 13.1 Å². The summed E-state index contributed by atoms with van der Waals surface area (Å²) in [6, 6.07) is 14.0. The highest BCUT2D eigenvalue weighted by Crippen LogP contribution is 2.34. The van der Waals surface area contributed by atoms with E-state index in [-0.39, 0.29) is 31.2 Å². The van der Waals surface area contributed by atoms with Gasteiger partial charge >= 0.3 is 6.18 Å². The smallest absolute Gasteiger partial charge is 0.372 e. The second-order valence-electron chi connectivity index (χ2n) is 7.49. The average Bonchev–Trinajstić information content (AvgIpc) is 3.18. The third-order valence-electron chi connectivity index (χ3n) is 5.35. The maximum Gasteiger partial charge on any atom is 0.416 e. The maximum atomic E-state index is 13.5. The van der Waals surface area contributed by atoms with Crippen molar-refractivity contribution in [1.82, 2.24) is 20.3 Å². The van der Waals surface area contributed by atoms with Gasteiger partial charge in [0.05, 0.1) is 36.2 Å². The number of aryl methyl sites for hydroxylation is 1. The molecule has 4 rings (SSSR count). The molecule has 3 aromatic rings. The van der Waals surface area contributed by atoms with Gasteiger partial charge in [0.2, 0.25) is 0 Å². The van der Waals surface area contributed by atoms with Crippen LogP contribution in [0.1, 0.15) is 35.6 Å². The highest BCUT2D eigenvalue weighted by Gasteiger charge is 2.32. The molecule has 1 saturated heterocycles. The number of nitrogens with one attached hydrogen (secondary N) is 1. The number of halogens is 4. The summed E-state index contributed by atoms with van der Waals surface area (Å²) >= 11 is 0. The van der Waals surface area contributed by atoms with E-state index in [4.69, 9.17) is 4.74 Å². The van der Waals surface area contributed by atoms with Gasteiger partial charge in [0.1, 0.15) is 0 Å². The number of alkyl halides is 3. The number of ether oxygens (including phenoxy) is 1. The van der Waals surface area contributed by atoms with E-state index in [1.807, 2.05) is 30.3 Å². The van der Waals surface area contributed by atoms with Crippen LogP contribution in [-0.4, -0.2) is 27.6 Å². The Hall–Kier alpha value is -2.42. The van der Waals surface area contributed by atoms with Gasteiger partial charge in [-0.3, -0.25) is 0 Å². The maximum absolute atomic E-state index is 13.5. The normalized spacial score (nSPS) is 19.1. The summed E-state index contributed by atoms with van der Waals surface area (Å²) in [6.07, 6.45) is -1.30. The number of rotatable bonds is 5. The van der Waals surface area contributed by atoms with Crippen molar-refractivity contribution in [3.05, 3.63) is 71.4 Å². The Morgan fingerprint density at radius 1 is 1.16 bits per heavy atom. The van der Waals surface area contributed by atoms with E-state index in [9.17, 15) is 13.2 Å². The molecule has 2 aromatic carbocycles. The van der Waals surface area contributed by atoms with Gasteiger partial charge in [-0.15, -0.1) is 17.5 Å². The van der Waals surface area contributed by atoms with Gasteiger partial charge in [-0.1, -0.05) is 35.5 Å². The predicted octanol–water partition coefficient (Wildman–Crippen LogP) is 4.93. The first-order valence-corrected chi connectivity index (χ1v) is 9.88. The van der Waals surface area contributed by atoms with Crippen LogP contribution in [0.15, 0.2) is 54.7 Å². The summed E-state index contributed by atoms with van der Waals surface area (Å²) in [5.41, 5.74) is 1.81. The summed E-state index contributed by atoms with van der Waals surface area (Å²) in [4.78, 5) is 0. The fourth-order valence-electron chi connectivity index (χ4n) is 3.87. The Kier molecular flexibility index (Phi) is 7.35. The highest BCUT2D eigenvalue weighted by molar-refractivity contribution is 5.85. The predicted molar refractivity (Wildman–Crippen MR) is 114 cm³/mol. The average molecular weight is 453 g/mol. The fourth-order valence-corrected chi connectivity index (χ4v) is 3.87. The monoisotopic (exact) mass is 452 g/mol. The van der Waals surface area contributed by atoms with Crippen LogP contribution in [0.5, 0.6) is 0 Å². The molecule has 0 spiro atoms. The molecule has 2 heterocycles. The molecule has 166 valence electrons. The summed E-state index contributed by atoms with van der Waals surface area (Å²) in [5.74, 6) is 0. The molecule has 0 unspecified atom stereocenters. The standard InChI is InChI=1S/C22H23F3N4O.ClH/c1-29-19(13-27-28-29)17-10-15(11-18(12-17)22(23,24)25)14-30-20-8-5-9-26-21(20)16-6-3-2-4-7-16;/h2-4,6-7,10-13,20-21,26H,5,8-9,14H2,1H3;1H/t20-,21-;/m0./s1. The lowest BCUT2D eigenvalue weighted by molar-refractivity contribution is -0.137. The third kappa shape index (κ3) is 5.44. The van der Waals surface area contributed by atoms with Crippen molar-refractivity contribution in [2.45, 2.75) is 37.8 Å². The molecule has 1 aliphatic heterocycles. The van der Waals surface area contributed by atoms with Crippen molar-refractivity contribution in [2.75, 3.05) is 6.54 Å². The van der Waals surface area contributed by atoms with Gasteiger partial charge in [-0.25, -0.2) is 4.68 Å². The number of piperidine rings is 1. The van der Waals surface area contributed by atoms with E-state index in [2.05, 4.69) is 15.6 Å². The van der Waals surface area contributed by atoms with E-state index < -0.39 is 11.7 Å². The second-order valence-corrected chi connectivity index (χ2v) is 7.49. The first-order chi connectivity index (χ1) is 14.4. The van der Waals surface area contributed by atoms with Gasteiger partial charge in [0.15, 0.2) is 0 Å². The zero-order chi connectivity index (χ0) is 21.1. The van der Waals surface area contributed by atoms with Crippen LogP contribution in [0.2, 0.25) is 0 Å². The van der Waals surface area contributed by atoms with Gasteiger partial charge in [-0.05, 0) is 48.7 Å². The van der Waals surface area contributed by atoms with Gasteiger partial charge < -0.3 is 10.1 Å². The van der Waals surface area contributed by atoms with E-state index >= 15 is 0 Å².